The summed E-state index contributed by atoms with van der Waals surface area (Å²) in [5.41, 5.74) is 0. The first-order valence-corrected chi connectivity index (χ1v) is 4.79. The predicted octanol–water partition coefficient (Wildman–Crippen LogP) is 0.659. The van der Waals surface area contributed by atoms with Crippen LogP contribution in [0.15, 0.2) is 0 Å². The van der Waals surface area contributed by atoms with Crippen LogP contribution in [0.2, 0.25) is 0 Å². The Morgan fingerprint density at radius 1 is 1.73 bits per heavy atom. The third-order valence-corrected chi connectivity index (χ3v) is 1.69. The topological polar surface area (TPSA) is 49.3 Å². The van der Waals surface area contributed by atoms with E-state index < -0.39 is 0 Å². The van der Waals surface area contributed by atoms with E-state index in [1.54, 1.807) is 0 Å². The van der Waals surface area contributed by atoms with Crippen LogP contribution < -0.4 is 5.32 Å². The molecule has 1 amide bonds. The Labute approximate surface area is 75.3 Å². The molecule has 0 aromatic carbocycles. The van der Waals surface area contributed by atoms with Crippen molar-refractivity contribution >= 4 is 21.8 Å². The van der Waals surface area contributed by atoms with Gasteiger partial charge in [-0.15, -0.1) is 0 Å². The van der Waals surface area contributed by atoms with Crippen LogP contribution >= 0.6 is 15.9 Å². The van der Waals surface area contributed by atoms with Crippen molar-refractivity contribution < 1.29 is 9.90 Å². The van der Waals surface area contributed by atoms with Crippen molar-refractivity contribution in [3.63, 3.8) is 0 Å². The standard InChI is InChI=1S/C7H14BrNO2/c1-6(3-5-10)9-7(11)2-4-8/h6,10H,2-5H2,1H3,(H,9,11). The van der Waals surface area contributed by atoms with Gasteiger partial charge in [0, 0.05) is 24.4 Å². The third kappa shape index (κ3) is 6.31. The Kier molecular flexibility index (Phi) is 6.56. The Morgan fingerprint density at radius 2 is 2.36 bits per heavy atom. The maximum Gasteiger partial charge on any atom is 0.221 e. The molecule has 0 aliphatic rings. The largest absolute Gasteiger partial charge is 0.396 e. The fraction of sp³-hybridized carbons (Fsp3) is 0.857. The summed E-state index contributed by atoms with van der Waals surface area (Å²) in [5.74, 6) is 0.0304. The molecule has 0 saturated carbocycles. The van der Waals surface area contributed by atoms with Crippen LogP contribution in [0.3, 0.4) is 0 Å². The summed E-state index contributed by atoms with van der Waals surface area (Å²) in [6.45, 7) is 2.00. The molecule has 66 valence electrons. The van der Waals surface area contributed by atoms with Gasteiger partial charge in [-0.1, -0.05) is 15.9 Å². The number of aliphatic hydroxyl groups excluding tert-OH is 1. The molecule has 0 radical (unpaired) electrons. The molecule has 1 unspecified atom stereocenters. The first-order valence-electron chi connectivity index (χ1n) is 3.67. The molecule has 0 rings (SSSR count). The summed E-state index contributed by atoms with van der Waals surface area (Å²) in [6, 6.07) is 0.0755. The van der Waals surface area contributed by atoms with Gasteiger partial charge in [-0.05, 0) is 13.3 Å². The minimum atomic E-state index is 0.0304. The zero-order chi connectivity index (χ0) is 8.69. The molecule has 0 spiro atoms. The van der Waals surface area contributed by atoms with Crippen LogP contribution in [0.5, 0.6) is 0 Å². The lowest BCUT2D eigenvalue weighted by atomic mass is 10.2. The van der Waals surface area contributed by atoms with Crippen LogP contribution in [-0.4, -0.2) is 29.0 Å². The monoisotopic (exact) mass is 223 g/mol. The van der Waals surface area contributed by atoms with E-state index in [1.807, 2.05) is 6.92 Å². The van der Waals surface area contributed by atoms with Gasteiger partial charge in [0.1, 0.15) is 0 Å². The molecule has 0 saturated heterocycles. The molecular formula is C7H14BrNO2. The number of nitrogens with one attached hydrogen (secondary N) is 1. The normalized spacial score (nSPS) is 12.6. The third-order valence-electron chi connectivity index (χ3n) is 1.29. The minimum absolute atomic E-state index is 0.0304. The zero-order valence-electron chi connectivity index (χ0n) is 6.64. The van der Waals surface area contributed by atoms with Crippen molar-refractivity contribution in [3.8, 4) is 0 Å². The maximum absolute atomic E-state index is 10.9. The molecule has 0 heterocycles. The molecule has 1 atom stereocenters. The fourth-order valence-corrected chi connectivity index (χ4v) is 1.06. The molecule has 0 bridgehead atoms. The first kappa shape index (κ1) is 10.9. The summed E-state index contributed by atoms with van der Waals surface area (Å²) < 4.78 is 0. The van der Waals surface area contributed by atoms with Crippen LogP contribution in [0.4, 0.5) is 0 Å². The average molecular weight is 224 g/mol. The van der Waals surface area contributed by atoms with E-state index in [9.17, 15) is 4.79 Å². The number of rotatable bonds is 5. The van der Waals surface area contributed by atoms with E-state index in [0.717, 1.165) is 0 Å². The summed E-state index contributed by atoms with van der Waals surface area (Å²) in [5, 5.41) is 12.0. The number of hydrogen-bond acceptors (Lipinski definition) is 2. The smallest absolute Gasteiger partial charge is 0.221 e. The lowest BCUT2D eigenvalue weighted by Crippen LogP contribution is -2.33. The number of hydrogen-bond donors (Lipinski definition) is 2. The van der Waals surface area contributed by atoms with E-state index in [1.165, 1.54) is 0 Å². The summed E-state index contributed by atoms with van der Waals surface area (Å²) in [4.78, 5) is 10.9. The lowest BCUT2D eigenvalue weighted by molar-refractivity contribution is -0.121. The number of alkyl halides is 1. The number of carbonyl (C=O) groups is 1. The Morgan fingerprint density at radius 3 is 2.82 bits per heavy atom. The lowest BCUT2D eigenvalue weighted by Gasteiger charge is -2.11. The molecule has 3 nitrogen and oxygen atoms in total. The van der Waals surface area contributed by atoms with Crippen LogP contribution in [0.1, 0.15) is 19.8 Å². The Bertz CT molecular complexity index is 119. The van der Waals surface area contributed by atoms with Crippen molar-refractivity contribution in [2.45, 2.75) is 25.8 Å². The Hall–Kier alpha value is -0.0900. The first-order chi connectivity index (χ1) is 5.20. The highest BCUT2D eigenvalue weighted by atomic mass is 79.9. The van der Waals surface area contributed by atoms with Gasteiger partial charge >= 0.3 is 0 Å². The highest BCUT2D eigenvalue weighted by Crippen LogP contribution is 1.92. The zero-order valence-corrected chi connectivity index (χ0v) is 8.23. The van der Waals surface area contributed by atoms with E-state index in [2.05, 4.69) is 21.2 Å². The fourth-order valence-electron chi connectivity index (χ4n) is 0.699. The highest BCUT2D eigenvalue weighted by molar-refractivity contribution is 9.09. The molecule has 11 heavy (non-hydrogen) atoms. The molecule has 0 aromatic rings. The quantitative estimate of drug-likeness (QED) is 0.674. The van der Waals surface area contributed by atoms with Gasteiger partial charge in [-0.2, -0.15) is 0 Å². The predicted molar refractivity (Wildman–Crippen MR) is 47.7 cm³/mol. The molecule has 0 fully saturated rings. The molecule has 0 aliphatic carbocycles. The van der Waals surface area contributed by atoms with Crippen LogP contribution in [0.25, 0.3) is 0 Å². The van der Waals surface area contributed by atoms with Crippen LogP contribution in [-0.2, 0) is 4.79 Å². The molecule has 2 N–H and O–H groups in total. The number of amides is 1. The average Bonchev–Trinajstić information content (AvgIpc) is 1.87. The SMILES string of the molecule is CC(CCO)NC(=O)CCBr. The van der Waals surface area contributed by atoms with E-state index in [4.69, 9.17) is 5.11 Å². The summed E-state index contributed by atoms with van der Waals surface area (Å²) in [7, 11) is 0. The van der Waals surface area contributed by atoms with Gasteiger partial charge in [0.25, 0.3) is 0 Å². The second-order valence-corrected chi connectivity index (χ2v) is 3.21. The van der Waals surface area contributed by atoms with Gasteiger partial charge < -0.3 is 10.4 Å². The van der Waals surface area contributed by atoms with Crippen LogP contribution in [0, 0.1) is 0 Å². The van der Waals surface area contributed by atoms with Gasteiger partial charge in [0.05, 0.1) is 0 Å². The molecule has 0 aromatic heterocycles. The second kappa shape index (κ2) is 6.61. The van der Waals surface area contributed by atoms with E-state index >= 15 is 0 Å². The Balaban J connectivity index is 3.40. The van der Waals surface area contributed by atoms with Gasteiger partial charge in [-0.3, -0.25) is 4.79 Å². The van der Waals surface area contributed by atoms with Crippen molar-refractivity contribution in [2.75, 3.05) is 11.9 Å². The van der Waals surface area contributed by atoms with Gasteiger partial charge in [-0.25, -0.2) is 0 Å². The molecule has 0 aliphatic heterocycles. The number of aliphatic hydroxyl groups is 1. The summed E-state index contributed by atoms with van der Waals surface area (Å²) in [6.07, 6.45) is 1.11. The van der Waals surface area contributed by atoms with E-state index in [-0.39, 0.29) is 18.6 Å². The maximum atomic E-state index is 10.9. The van der Waals surface area contributed by atoms with Crippen molar-refractivity contribution in [3.05, 3.63) is 0 Å². The van der Waals surface area contributed by atoms with Crippen molar-refractivity contribution in [2.24, 2.45) is 0 Å². The highest BCUT2D eigenvalue weighted by Gasteiger charge is 2.04. The van der Waals surface area contributed by atoms with Gasteiger partial charge in [0.2, 0.25) is 5.91 Å². The number of halogens is 1. The van der Waals surface area contributed by atoms with Crippen molar-refractivity contribution in [1.82, 2.24) is 5.32 Å². The minimum Gasteiger partial charge on any atom is -0.396 e. The molecular weight excluding hydrogens is 210 g/mol. The molecule has 4 heteroatoms. The van der Waals surface area contributed by atoms with Gasteiger partial charge in [0.15, 0.2) is 0 Å². The number of carbonyl (C=O) groups excluding carboxylic acids is 1. The van der Waals surface area contributed by atoms with Crippen molar-refractivity contribution in [1.29, 1.82) is 0 Å². The van der Waals surface area contributed by atoms with E-state index in [0.29, 0.717) is 18.2 Å². The second-order valence-electron chi connectivity index (χ2n) is 2.42. The summed E-state index contributed by atoms with van der Waals surface area (Å²) >= 11 is 3.17.